The molecule has 4 aromatic rings. The lowest BCUT2D eigenvalue weighted by atomic mass is 10.2. The van der Waals surface area contributed by atoms with Crippen LogP contribution < -0.4 is 15.7 Å². The van der Waals surface area contributed by atoms with E-state index in [0.717, 1.165) is 5.56 Å². The number of nitrogens with zero attached hydrogens (tertiary/aromatic N) is 3. The zero-order chi connectivity index (χ0) is 21.1. The van der Waals surface area contributed by atoms with Crippen LogP contribution in [-0.2, 0) is 11.3 Å². The van der Waals surface area contributed by atoms with Gasteiger partial charge in [0.05, 0.1) is 23.5 Å². The Kier molecular flexibility index (Phi) is 5.34. The van der Waals surface area contributed by atoms with Crippen LogP contribution in [0, 0.1) is 6.92 Å². The topological polar surface area (TPSA) is 78.1 Å². The third kappa shape index (κ3) is 3.69. The van der Waals surface area contributed by atoms with Gasteiger partial charge in [0, 0.05) is 6.20 Å². The number of imidazole rings is 1. The number of para-hydroxylation sites is 2. The first kappa shape index (κ1) is 19.4. The largest absolute Gasteiger partial charge is 0.492 e. The van der Waals surface area contributed by atoms with Crippen molar-refractivity contribution in [3.05, 3.63) is 82.9 Å². The molecule has 0 aliphatic carbocycles. The molecule has 1 N–H and O–H groups in total. The van der Waals surface area contributed by atoms with Crippen LogP contribution in [0.5, 0.6) is 5.75 Å². The van der Waals surface area contributed by atoms with Gasteiger partial charge in [-0.05, 0) is 50.2 Å². The maximum absolute atomic E-state index is 13.2. The average Bonchev–Trinajstić information content (AvgIpc) is 3.02. The molecular weight excluding hydrogens is 380 g/mol. The molecule has 7 heteroatoms. The highest BCUT2D eigenvalue weighted by Gasteiger charge is 2.18. The number of rotatable bonds is 6. The van der Waals surface area contributed by atoms with Crippen molar-refractivity contribution in [2.24, 2.45) is 0 Å². The molecule has 7 nitrogen and oxygen atoms in total. The lowest BCUT2D eigenvalue weighted by molar-refractivity contribution is -0.116. The molecule has 4 rings (SSSR count). The lowest BCUT2D eigenvalue weighted by Gasteiger charge is -2.11. The van der Waals surface area contributed by atoms with E-state index in [9.17, 15) is 9.59 Å². The van der Waals surface area contributed by atoms with Crippen molar-refractivity contribution >= 4 is 22.8 Å². The number of carbonyl (C=O) groups is 1. The third-order valence-corrected chi connectivity index (χ3v) is 4.75. The number of fused-ring (bicyclic) bond motifs is 1. The van der Waals surface area contributed by atoms with Crippen molar-refractivity contribution in [3.8, 4) is 11.4 Å². The summed E-state index contributed by atoms with van der Waals surface area (Å²) in [6.07, 6.45) is 1.63. The highest BCUT2D eigenvalue weighted by atomic mass is 16.5. The molecule has 30 heavy (non-hydrogen) atoms. The first-order valence-corrected chi connectivity index (χ1v) is 9.73. The number of aryl methyl sites for hydroxylation is 1. The summed E-state index contributed by atoms with van der Waals surface area (Å²) in [4.78, 5) is 30.4. The van der Waals surface area contributed by atoms with Gasteiger partial charge in [-0.2, -0.15) is 0 Å². The summed E-state index contributed by atoms with van der Waals surface area (Å²) in [7, 11) is 0. The van der Waals surface area contributed by atoms with Gasteiger partial charge in [-0.25, -0.2) is 14.3 Å². The number of ether oxygens (including phenoxy) is 1. The van der Waals surface area contributed by atoms with E-state index in [1.807, 2.05) is 50.2 Å². The maximum atomic E-state index is 13.2. The number of aromatic nitrogens is 3. The van der Waals surface area contributed by atoms with Crippen LogP contribution in [0.4, 0.5) is 5.69 Å². The summed E-state index contributed by atoms with van der Waals surface area (Å²) < 4.78 is 8.51. The number of benzene rings is 2. The van der Waals surface area contributed by atoms with Crippen LogP contribution in [0.25, 0.3) is 16.9 Å². The fraction of sp³-hybridized carbons (Fsp3) is 0.174. The molecular formula is C23H22N4O3. The SMILES string of the molecule is CCOc1ccccc1NC(=O)Cn1c(=O)n(-c2ccc(C)cc2)c2ncccc21. The third-order valence-electron chi connectivity index (χ3n) is 4.75. The van der Waals surface area contributed by atoms with Crippen LogP contribution in [0.2, 0.25) is 0 Å². The monoisotopic (exact) mass is 402 g/mol. The number of hydrogen-bond acceptors (Lipinski definition) is 4. The minimum absolute atomic E-state index is 0.139. The summed E-state index contributed by atoms with van der Waals surface area (Å²) in [6.45, 7) is 4.21. The Hall–Kier alpha value is -3.87. The molecule has 152 valence electrons. The van der Waals surface area contributed by atoms with Gasteiger partial charge in [0.15, 0.2) is 5.65 Å². The predicted octanol–water partition coefficient (Wildman–Crippen LogP) is 3.53. The Morgan fingerprint density at radius 3 is 2.60 bits per heavy atom. The highest BCUT2D eigenvalue weighted by molar-refractivity contribution is 5.93. The molecule has 1 amide bonds. The van der Waals surface area contributed by atoms with E-state index in [2.05, 4.69) is 10.3 Å². The summed E-state index contributed by atoms with van der Waals surface area (Å²) in [5.41, 5.74) is 3.15. The van der Waals surface area contributed by atoms with Crippen LogP contribution in [0.3, 0.4) is 0 Å². The molecule has 0 unspecified atom stereocenters. The molecule has 0 spiro atoms. The quantitative estimate of drug-likeness (QED) is 0.535. The van der Waals surface area contributed by atoms with E-state index < -0.39 is 0 Å². The summed E-state index contributed by atoms with van der Waals surface area (Å²) in [5, 5.41) is 2.84. The molecule has 0 bridgehead atoms. The molecule has 2 heterocycles. The van der Waals surface area contributed by atoms with Crippen molar-refractivity contribution in [1.82, 2.24) is 14.1 Å². The van der Waals surface area contributed by atoms with E-state index >= 15 is 0 Å². The zero-order valence-corrected chi connectivity index (χ0v) is 16.8. The molecule has 0 fully saturated rings. The van der Waals surface area contributed by atoms with Gasteiger partial charge in [0.1, 0.15) is 12.3 Å². The standard InChI is InChI=1S/C23H22N4O3/c1-3-30-20-9-5-4-7-18(20)25-21(28)15-26-19-8-6-14-24-22(19)27(23(26)29)17-12-10-16(2)11-13-17/h4-14H,3,15H2,1-2H3,(H,25,28). The molecule has 0 saturated carbocycles. The van der Waals surface area contributed by atoms with Crippen molar-refractivity contribution in [2.75, 3.05) is 11.9 Å². The second-order valence-electron chi connectivity index (χ2n) is 6.86. The van der Waals surface area contributed by atoms with Gasteiger partial charge >= 0.3 is 5.69 Å². The fourth-order valence-corrected chi connectivity index (χ4v) is 3.35. The number of carbonyl (C=O) groups excluding carboxylic acids is 1. The summed E-state index contributed by atoms with van der Waals surface area (Å²) in [6, 6.07) is 18.4. The minimum atomic E-state index is -0.323. The second kappa shape index (κ2) is 8.24. The van der Waals surface area contributed by atoms with E-state index in [1.165, 1.54) is 9.13 Å². The van der Waals surface area contributed by atoms with Crippen LogP contribution in [-0.4, -0.2) is 26.6 Å². The van der Waals surface area contributed by atoms with E-state index in [-0.39, 0.29) is 18.1 Å². The Bertz CT molecular complexity index is 1260. The second-order valence-corrected chi connectivity index (χ2v) is 6.86. The van der Waals surface area contributed by atoms with Crippen molar-refractivity contribution < 1.29 is 9.53 Å². The lowest BCUT2D eigenvalue weighted by Crippen LogP contribution is -2.29. The van der Waals surface area contributed by atoms with E-state index in [1.54, 1.807) is 30.5 Å². The Balaban J connectivity index is 1.70. The van der Waals surface area contributed by atoms with Crippen LogP contribution in [0.1, 0.15) is 12.5 Å². The number of anilines is 1. The molecule has 0 aliphatic rings. The van der Waals surface area contributed by atoms with Crippen molar-refractivity contribution in [1.29, 1.82) is 0 Å². The van der Waals surface area contributed by atoms with E-state index in [4.69, 9.17) is 4.74 Å². The molecule has 0 atom stereocenters. The molecule has 0 aliphatic heterocycles. The van der Waals surface area contributed by atoms with Gasteiger partial charge in [-0.15, -0.1) is 0 Å². The van der Waals surface area contributed by atoms with Gasteiger partial charge in [-0.3, -0.25) is 9.36 Å². The molecule has 2 aromatic carbocycles. The maximum Gasteiger partial charge on any atom is 0.335 e. The van der Waals surface area contributed by atoms with Crippen molar-refractivity contribution in [2.45, 2.75) is 20.4 Å². The summed E-state index contributed by atoms with van der Waals surface area (Å²) >= 11 is 0. The first-order valence-electron chi connectivity index (χ1n) is 9.73. The molecule has 2 aromatic heterocycles. The fourth-order valence-electron chi connectivity index (χ4n) is 3.35. The predicted molar refractivity (Wildman–Crippen MR) is 116 cm³/mol. The van der Waals surface area contributed by atoms with Gasteiger partial charge in [0.2, 0.25) is 5.91 Å². The number of hydrogen-bond donors (Lipinski definition) is 1. The zero-order valence-electron chi connectivity index (χ0n) is 16.8. The number of nitrogens with one attached hydrogen (secondary N) is 1. The Morgan fingerprint density at radius 2 is 1.83 bits per heavy atom. The van der Waals surface area contributed by atoms with Gasteiger partial charge < -0.3 is 10.1 Å². The van der Waals surface area contributed by atoms with Gasteiger partial charge in [0.25, 0.3) is 0 Å². The highest BCUT2D eigenvalue weighted by Crippen LogP contribution is 2.24. The molecule has 0 radical (unpaired) electrons. The minimum Gasteiger partial charge on any atom is -0.492 e. The smallest absolute Gasteiger partial charge is 0.335 e. The first-order chi connectivity index (χ1) is 14.6. The Morgan fingerprint density at radius 1 is 1.07 bits per heavy atom. The molecule has 0 saturated heterocycles. The summed E-state index contributed by atoms with van der Waals surface area (Å²) in [5.74, 6) is 0.264. The Labute approximate surface area is 173 Å². The average molecular weight is 402 g/mol. The normalized spacial score (nSPS) is 10.9. The van der Waals surface area contributed by atoms with Crippen LogP contribution >= 0.6 is 0 Å². The number of amides is 1. The number of pyridine rings is 1. The van der Waals surface area contributed by atoms with E-state index in [0.29, 0.717) is 34.9 Å². The van der Waals surface area contributed by atoms with Crippen molar-refractivity contribution in [3.63, 3.8) is 0 Å². The van der Waals surface area contributed by atoms with Crippen LogP contribution in [0.15, 0.2) is 71.7 Å². The van der Waals surface area contributed by atoms with Gasteiger partial charge in [-0.1, -0.05) is 29.8 Å².